The van der Waals surface area contributed by atoms with Gasteiger partial charge in [0.2, 0.25) is 5.91 Å². The molecule has 0 saturated carbocycles. The summed E-state index contributed by atoms with van der Waals surface area (Å²) in [7, 11) is -1.94. The molecule has 5 nitrogen and oxygen atoms in total. The summed E-state index contributed by atoms with van der Waals surface area (Å²) in [6, 6.07) is 8.61. The number of nitrogens with one attached hydrogen (secondary N) is 1. The topological polar surface area (TPSA) is 72.5 Å². The largest absolute Gasteiger partial charge is 0.495 e. The van der Waals surface area contributed by atoms with Crippen molar-refractivity contribution in [1.82, 2.24) is 0 Å². The molecule has 1 N–H and O–H groups in total. The van der Waals surface area contributed by atoms with E-state index in [1.807, 2.05) is 13.0 Å². The van der Waals surface area contributed by atoms with E-state index in [0.717, 1.165) is 20.7 Å². The highest BCUT2D eigenvalue weighted by atomic mass is 79.9. The Morgan fingerprint density at radius 2 is 2.04 bits per heavy atom. The lowest BCUT2D eigenvalue weighted by Crippen LogP contribution is -2.17. The van der Waals surface area contributed by atoms with Gasteiger partial charge in [-0.15, -0.1) is 11.3 Å². The van der Waals surface area contributed by atoms with Crippen LogP contribution in [0, 0.1) is 6.92 Å². The van der Waals surface area contributed by atoms with Crippen LogP contribution in [0.1, 0.15) is 12.0 Å². The number of carbonyl (C=O) groups excluding carboxylic acids is 1. The van der Waals surface area contributed by atoms with Gasteiger partial charge in [0.1, 0.15) is 9.96 Å². The highest BCUT2D eigenvalue weighted by Gasteiger charge is 2.19. The lowest BCUT2D eigenvalue weighted by atomic mass is 10.2. The predicted octanol–water partition coefficient (Wildman–Crippen LogP) is 3.63. The second-order valence-corrected chi connectivity index (χ2v) is 9.68. The highest BCUT2D eigenvalue weighted by molar-refractivity contribution is 9.11. The quantitative estimate of drug-likeness (QED) is 0.778. The molecule has 0 spiro atoms. The first-order valence-electron chi connectivity index (χ1n) is 6.74. The molecule has 1 amide bonds. The van der Waals surface area contributed by atoms with E-state index in [-0.39, 0.29) is 22.3 Å². The lowest BCUT2D eigenvalue weighted by molar-refractivity contribution is -0.115. The lowest BCUT2D eigenvalue weighted by Gasteiger charge is -2.11. The van der Waals surface area contributed by atoms with Crippen molar-refractivity contribution in [2.45, 2.75) is 17.6 Å². The zero-order valence-corrected chi connectivity index (χ0v) is 15.8. The molecule has 1 aromatic carbocycles. The number of sulfone groups is 1. The summed E-state index contributed by atoms with van der Waals surface area (Å²) in [5.41, 5.74) is 1.51. The van der Waals surface area contributed by atoms with Crippen LogP contribution in [0.25, 0.3) is 0 Å². The number of hydrogen-bond donors (Lipinski definition) is 1. The molecular formula is C15H16BrNO4S2. The normalized spacial score (nSPS) is 11.3. The van der Waals surface area contributed by atoms with Crippen molar-refractivity contribution >= 4 is 48.7 Å². The van der Waals surface area contributed by atoms with Crippen molar-refractivity contribution < 1.29 is 17.9 Å². The average molecular weight is 418 g/mol. The van der Waals surface area contributed by atoms with Gasteiger partial charge in [0.25, 0.3) is 0 Å². The first-order valence-corrected chi connectivity index (χ1v) is 10.0. The summed E-state index contributed by atoms with van der Waals surface area (Å²) < 4.78 is 30.5. The van der Waals surface area contributed by atoms with Gasteiger partial charge in [-0.2, -0.15) is 0 Å². The second kappa shape index (κ2) is 7.46. The third-order valence-electron chi connectivity index (χ3n) is 3.08. The number of aryl methyl sites for hydroxylation is 1. The van der Waals surface area contributed by atoms with E-state index >= 15 is 0 Å². The summed E-state index contributed by atoms with van der Waals surface area (Å²) >= 11 is 4.37. The van der Waals surface area contributed by atoms with E-state index in [9.17, 15) is 13.2 Å². The zero-order chi connectivity index (χ0) is 17.0. The molecule has 0 radical (unpaired) electrons. The number of thiophene rings is 1. The van der Waals surface area contributed by atoms with Crippen molar-refractivity contribution in [3.05, 3.63) is 39.7 Å². The monoisotopic (exact) mass is 417 g/mol. The Bertz CT molecular complexity index is 815. The molecule has 0 fully saturated rings. The SMILES string of the molecule is COc1ccc(C)cc1NC(=O)CCS(=O)(=O)c1ccc(Br)s1. The van der Waals surface area contributed by atoms with Gasteiger partial charge in [0.15, 0.2) is 9.84 Å². The number of amides is 1. The molecule has 0 aliphatic rings. The van der Waals surface area contributed by atoms with E-state index in [0.29, 0.717) is 11.4 Å². The summed E-state index contributed by atoms with van der Waals surface area (Å²) in [5.74, 6) is -0.0676. The molecule has 1 heterocycles. The van der Waals surface area contributed by atoms with Crippen LogP contribution in [0.5, 0.6) is 5.75 Å². The molecule has 0 bridgehead atoms. The molecule has 23 heavy (non-hydrogen) atoms. The maximum atomic E-state index is 12.2. The van der Waals surface area contributed by atoms with Gasteiger partial charge >= 0.3 is 0 Å². The Kier molecular flexibility index (Phi) is 5.83. The molecule has 8 heteroatoms. The summed E-state index contributed by atoms with van der Waals surface area (Å²) in [5, 5.41) is 2.70. The van der Waals surface area contributed by atoms with Gasteiger partial charge in [-0.05, 0) is 52.7 Å². The Hall–Kier alpha value is -1.38. The number of hydrogen-bond acceptors (Lipinski definition) is 5. The fourth-order valence-corrected chi connectivity index (χ4v) is 5.32. The number of carbonyl (C=O) groups is 1. The van der Waals surface area contributed by atoms with Gasteiger partial charge < -0.3 is 10.1 Å². The fourth-order valence-electron chi connectivity index (χ4n) is 1.92. The van der Waals surface area contributed by atoms with E-state index in [4.69, 9.17) is 4.74 Å². The van der Waals surface area contributed by atoms with Crippen LogP contribution in [-0.2, 0) is 14.6 Å². The minimum absolute atomic E-state index is 0.116. The second-order valence-electron chi connectivity index (χ2n) is 4.88. The first-order chi connectivity index (χ1) is 10.8. The van der Waals surface area contributed by atoms with Gasteiger partial charge in [-0.1, -0.05) is 6.07 Å². The first kappa shape index (κ1) is 18.0. The third-order valence-corrected chi connectivity index (χ3v) is 7.00. The molecular weight excluding hydrogens is 402 g/mol. The van der Waals surface area contributed by atoms with Crippen molar-refractivity contribution in [2.24, 2.45) is 0 Å². The molecule has 0 aliphatic heterocycles. The van der Waals surface area contributed by atoms with Crippen molar-refractivity contribution in [3.63, 3.8) is 0 Å². The summed E-state index contributed by atoms with van der Waals surface area (Å²) in [6.45, 7) is 1.90. The van der Waals surface area contributed by atoms with E-state index in [1.165, 1.54) is 13.2 Å². The predicted molar refractivity (Wildman–Crippen MR) is 95.0 cm³/mol. The third kappa shape index (κ3) is 4.79. The van der Waals surface area contributed by atoms with Crippen molar-refractivity contribution in [1.29, 1.82) is 0 Å². The molecule has 2 aromatic rings. The minimum atomic E-state index is -3.45. The molecule has 1 aromatic heterocycles. The van der Waals surface area contributed by atoms with Crippen LogP contribution in [0.3, 0.4) is 0 Å². The maximum Gasteiger partial charge on any atom is 0.225 e. The van der Waals surface area contributed by atoms with E-state index in [2.05, 4.69) is 21.2 Å². The van der Waals surface area contributed by atoms with Crippen LogP contribution in [0.15, 0.2) is 38.3 Å². The van der Waals surface area contributed by atoms with Crippen molar-refractivity contribution in [2.75, 3.05) is 18.2 Å². The average Bonchev–Trinajstić information content (AvgIpc) is 2.93. The van der Waals surface area contributed by atoms with Crippen LogP contribution < -0.4 is 10.1 Å². The van der Waals surface area contributed by atoms with E-state index in [1.54, 1.807) is 18.2 Å². The van der Waals surface area contributed by atoms with Gasteiger partial charge in [-0.25, -0.2) is 8.42 Å². The van der Waals surface area contributed by atoms with Crippen LogP contribution in [-0.4, -0.2) is 27.2 Å². The molecule has 0 atom stereocenters. The molecule has 0 aliphatic carbocycles. The number of benzene rings is 1. The van der Waals surface area contributed by atoms with Crippen LogP contribution >= 0.6 is 27.3 Å². The van der Waals surface area contributed by atoms with E-state index < -0.39 is 9.84 Å². The zero-order valence-electron chi connectivity index (χ0n) is 12.6. The fraction of sp³-hybridized carbons (Fsp3) is 0.267. The number of rotatable bonds is 6. The van der Waals surface area contributed by atoms with Gasteiger partial charge in [0.05, 0.1) is 22.3 Å². The highest BCUT2D eigenvalue weighted by Crippen LogP contribution is 2.28. The molecule has 124 valence electrons. The van der Waals surface area contributed by atoms with Crippen LogP contribution in [0.2, 0.25) is 0 Å². The Morgan fingerprint density at radius 1 is 1.30 bits per heavy atom. The standard InChI is InChI=1S/C15H16BrNO4S2/c1-10-3-4-12(21-2)11(9-10)17-14(18)7-8-23(19,20)15-6-5-13(16)22-15/h3-6,9H,7-8H2,1-2H3,(H,17,18). The van der Waals surface area contributed by atoms with Crippen molar-refractivity contribution in [3.8, 4) is 5.75 Å². The number of halogens is 1. The minimum Gasteiger partial charge on any atom is -0.495 e. The molecule has 0 saturated heterocycles. The maximum absolute atomic E-state index is 12.2. The summed E-state index contributed by atoms with van der Waals surface area (Å²) in [6.07, 6.45) is -0.116. The van der Waals surface area contributed by atoms with Gasteiger partial charge in [0, 0.05) is 6.42 Å². The Morgan fingerprint density at radius 3 is 2.65 bits per heavy atom. The number of methoxy groups -OCH3 is 1. The van der Waals surface area contributed by atoms with Crippen LogP contribution in [0.4, 0.5) is 5.69 Å². The Balaban J connectivity index is 2.02. The number of anilines is 1. The van der Waals surface area contributed by atoms with Gasteiger partial charge in [-0.3, -0.25) is 4.79 Å². The molecule has 0 unspecified atom stereocenters. The summed E-state index contributed by atoms with van der Waals surface area (Å²) in [4.78, 5) is 12.0. The smallest absolute Gasteiger partial charge is 0.225 e. The number of ether oxygens (including phenoxy) is 1. The molecule has 2 rings (SSSR count). The Labute approximate surface area is 147 Å².